The van der Waals surface area contributed by atoms with Crippen LogP contribution in [0.5, 0.6) is 0 Å². The molecule has 5 heteroatoms. The first-order valence-corrected chi connectivity index (χ1v) is 10.5. The predicted molar refractivity (Wildman–Crippen MR) is 113 cm³/mol. The zero-order valence-electron chi connectivity index (χ0n) is 16.7. The molecule has 0 saturated heterocycles. The van der Waals surface area contributed by atoms with Crippen molar-refractivity contribution in [3.8, 4) is 0 Å². The second-order valence-electron chi connectivity index (χ2n) is 8.29. The number of benzene rings is 2. The van der Waals surface area contributed by atoms with Crippen LogP contribution in [-0.4, -0.2) is 28.5 Å². The number of fused-ring (bicyclic) bond motifs is 1. The first-order chi connectivity index (χ1) is 14.1. The predicted octanol–water partition coefficient (Wildman–Crippen LogP) is 4.16. The van der Waals surface area contributed by atoms with Crippen molar-refractivity contribution in [3.63, 3.8) is 0 Å². The number of carbonyl (C=O) groups is 2. The Morgan fingerprint density at radius 3 is 2.66 bits per heavy atom. The molecule has 1 saturated carbocycles. The van der Waals surface area contributed by atoms with Gasteiger partial charge in [-0.1, -0.05) is 36.4 Å². The first-order valence-electron chi connectivity index (χ1n) is 10.5. The first kappa shape index (κ1) is 18.1. The molecule has 1 fully saturated rings. The molecule has 148 valence electrons. The van der Waals surface area contributed by atoms with Gasteiger partial charge in [0.2, 0.25) is 5.91 Å². The second-order valence-corrected chi connectivity index (χ2v) is 8.29. The molecule has 1 unspecified atom stereocenters. The highest BCUT2D eigenvalue weighted by molar-refractivity contribution is 6.40. The second kappa shape index (κ2) is 7.14. The molecule has 1 aliphatic heterocycles. The van der Waals surface area contributed by atoms with Gasteiger partial charge in [0.05, 0.1) is 11.7 Å². The van der Waals surface area contributed by atoms with Crippen molar-refractivity contribution in [3.05, 3.63) is 65.2 Å². The fourth-order valence-electron chi connectivity index (χ4n) is 4.56. The molecule has 2 aromatic carbocycles. The highest BCUT2D eigenvalue weighted by atomic mass is 16.2. The van der Waals surface area contributed by atoms with Crippen molar-refractivity contribution < 1.29 is 9.59 Å². The summed E-state index contributed by atoms with van der Waals surface area (Å²) in [6.07, 6.45) is 4.82. The van der Waals surface area contributed by atoms with Crippen LogP contribution in [0.3, 0.4) is 0 Å². The van der Waals surface area contributed by atoms with E-state index in [1.807, 2.05) is 31.2 Å². The Balaban J connectivity index is 1.47. The minimum atomic E-state index is -0.0590. The molecule has 2 amide bonds. The van der Waals surface area contributed by atoms with Crippen LogP contribution < -0.4 is 5.01 Å². The standard InChI is InChI=1S/C24H25N3O2/c1-16-5-4-7-19(15-16)27-23(28)14-12-21(25-27)24(29)26(18-10-11-18)22-13-9-17-6-2-3-8-20(17)22/h2-8,15,18,22H,9-14H2,1H3. The average molecular weight is 387 g/mol. The van der Waals surface area contributed by atoms with Gasteiger partial charge in [-0.05, 0) is 61.4 Å². The summed E-state index contributed by atoms with van der Waals surface area (Å²) in [7, 11) is 0. The maximum atomic E-state index is 13.6. The van der Waals surface area contributed by atoms with E-state index in [0.717, 1.165) is 36.9 Å². The van der Waals surface area contributed by atoms with E-state index < -0.39 is 0 Å². The number of hydrazone groups is 1. The van der Waals surface area contributed by atoms with Crippen LogP contribution in [0.25, 0.3) is 0 Å². The van der Waals surface area contributed by atoms with Crippen molar-refractivity contribution >= 4 is 23.2 Å². The van der Waals surface area contributed by atoms with Gasteiger partial charge in [0.1, 0.15) is 5.71 Å². The van der Waals surface area contributed by atoms with Gasteiger partial charge in [-0.15, -0.1) is 0 Å². The molecule has 0 aromatic heterocycles. The zero-order chi connectivity index (χ0) is 20.0. The van der Waals surface area contributed by atoms with Gasteiger partial charge >= 0.3 is 0 Å². The molecule has 1 heterocycles. The van der Waals surface area contributed by atoms with Crippen molar-refractivity contribution in [1.29, 1.82) is 0 Å². The molecule has 2 aliphatic carbocycles. The highest BCUT2D eigenvalue weighted by Gasteiger charge is 2.42. The lowest BCUT2D eigenvalue weighted by molar-refractivity contribution is -0.127. The third-order valence-corrected chi connectivity index (χ3v) is 6.14. The lowest BCUT2D eigenvalue weighted by Gasteiger charge is -2.32. The summed E-state index contributed by atoms with van der Waals surface area (Å²) in [6.45, 7) is 1.99. The fraction of sp³-hybridized carbons (Fsp3) is 0.375. The number of amides is 2. The summed E-state index contributed by atoms with van der Waals surface area (Å²) in [5.74, 6) is -0.0595. The quantitative estimate of drug-likeness (QED) is 0.791. The van der Waals surface area contributed by atoms with Gasteiger partial charge in [-0.3, -0.25) is 9.59 Å². The molecular formula is C24H25N3O2. The lowest BCUT2D eigenvalue weighted by Crippen LogP contribution is -2.44. The molecule has 5 nitrogen and oxygen atoms in total. The summed E-state index contributed by atoms with van der Waals surface area (Å²) >= 11 is 0. The van der Waals surface area contributed by atoms with E-state index in [4.69, 9.17) is 0 Å². The van der Waals surface area contributed by atoms with E-state index in [-0.39, 0.29) is 17.9 Å². The van der Waals surface area contributed by atoms with Gasteiger partial charge in [-0.25, -0.2) is 5.01 Å². The van der Waals surface area contributed by atoms with Crippen LogP contribution >= 0.6 is 0 Å². The summed E-state index contributed by atoms with van der Waals surface area (Å²) < 4.78 is 0. The number of hydrogen-bond acceptors (Lipinski definition) is 3. The summed E-state index contributed by atoms with van der Waals surface area (Å²) in [4.78, 5) is 28.2. The minimum Gasteiger partial charge on any atom is -0.327 e. The Morgan fingerprint density at radius 1 is 1.03 bits per heavy atom. The molecule has 0 radical (unpaired) electrons. The van der Waals surface area contributed by atoms with Crippen LogP contribution in [0, 0.1) is 6.92 Å². The number of carbonyl (C=O) groups excluding carboxylic acids is 2. The Bertz CT molecular complexity index is 1010. The molecule has 2 aromatic rings. The SMILES string of the molecule is Cc1cccc(N2N=C(C(=O)N(C3CC3)C3CCc4ccccc43)CCC2=O)c1. The maximum Gasteiger partial charge on any atom is 0.270 e. The Kier molecular flexibility index (Phi) is 4.46. The molecule has 1 atom stereocenters. The summed E-state index contributed by atoms with van der Waals surface area (Å²) in [5, 5.41) is 5.96. The largest absolute Gasteiger partial charge is 0.327 e. The van der Waals surface area contributed by atoms with Crippen molar-refractivity contribution in [2.24, 2.45) is 5.10 Å². The van der Waals surface area contributed by atoms with Crippen molar-refractivity contribution in [1.82, 2.24) is 4.90 Å². The smallest absolute Gasteiger partial charge is 0.270 e. The molecule has 3 aliphatic rings. The molecular weight excluding hydrogens is 362 g/mol. The van der Waals surface area contributed by atoms with Gasteiger partial charge in [0.15, 0.2) is 0 Å². The number of aryl methyl sites for hydroxylation is 2. The van der Waals surface area contributed by atoms with Crippen LogP contribution in [-0.2, 0) is 16.0 Å². The number of hydrogen-bond donors (Lipinski definition) is 0. The van der Waals surface area contributed by atoms with Crippen LogP contribution in [0.1, 0.15) is 54.8 Å². The minimum absolute atomic E-state index is 0.000596. The highest BCUT2D eigenvalue weighted by Crippen LogP contribution is 2.42. The van der Waals surface area contributed by atoms with Crippen molar-refractivity contribution in [2.75, 3.05) is 5.01 Å². The van der Waals surface area contributed by atoms with Gasteiger partial charge in [-0.2, -0.15) is 5.10 Å². The Hall–Kier alpha value is -2.95. The van der Waals surface area contributed by atoms with E-state index in [0.29, 0.717) is 24.6 Å². The Labute approximate surface area is 171 Å². The van der Waals surface area contributed by atoms with Gasteiger partial charge in [0, 0.05) is 18.9 Å². The lowest BCUT2D eigenvalue weighted by atomic mass is 10.0. The average Bonchev–Trinajstić information content (AvgIpc) is 3.48. The monoisotopic (exact) mass is 387 g/mol. The summed E-state index contributed by atoms with van der Waals surface area (Å²) in [5.41, 5.74) is 4.91. The number of nitrogens with zero attached hydrogens (tertiary/aromatic N) is 3. The van der Waals surface area contributed by atoms with Gasteiger partial charge in [0.25, 0.3) is 5.91 Å². The normalized spacial score (nSPS) is 21.0. The third-order valence-electron chi connectivity index (χ3n) is 6.14. The molecule has 29 heavy (non-hydrogen) atoms. The number of rotatable bonds is 4. The van der Waals surface area contributed by atoms with Crippen LogP contribution in [0.4, 0.5) is 5.69 Å². The van der Waals surface area contributed by atoms with Crippen molar-refractivity contribution in [2.45, 2.75) is 57.5 Å². The van der Waals surface area contributed by atoms with E-state index >= 15 is 0 Å². The molecule has 5 rings (SSSR count). The van der Waals surface area contributed by atoms with Crippen LogP contribution in [0.2, 0.25) is 0 Å². The topological polar surface area (TPSA) is 53.0 Å². The molecule has 0 bridgehead atoms. The zero-order valence-corrected chi connectivity index (χ0v) is 16.7. The summed E-state index contributed by atoms with van der Waals surface area (Å²) in [6, 6.07) is 16.6. The number of anilines is 1. The van der Waals surface area contributed by atoms with E-state index in [1.165, 1.54) is 16.1 Å². The molecule has 0 N–H and O–H groups in total. The van der Waals surface area contributed by atoms with E-state index in [1.54, 1.807) is 0 Å². The molecule has 0 spiro atoms. The third kappa shape index (κ3) is 3.35. The Morgan fingerprint density at radius 2 is 1.86 bits per heavy atom. The van der Waals surface area contributed by atoms with E-state index in [2.05, 4.69) is 34.3 Å². The van der Waals surface area contributed by atoms with E-state index in [9.17, 15) is 9.59 Å². The fourth-order valence-corrected chi connectivity index (χ4v) is 4.56. The maximum absolute atomic E-state index is 13.6. The van der Waals surface area contributed by atoms with Crippen LogP contribution in [0.15, 0.2) is 53.6 Å². The van der Waals surface area contributed by atoms with Gasteiger partial charge < -0.3 is 4.90 Å².